The lowest BCUT2D eigenvalue weighted by Crippen LogP contribution is -2.42. The molecule has 3 heteroatoms. The first-order chi connectivity index (χ1) is 11.2. The van der Waals surface area contributed by atoms with Crippen LogP contribution in [0, 0.1) is 11.8 Å². The Bertz CT molecular complexity index is 488. The van der Waals surface area contributed by atoms with Gasteiger partial charge in [0.25, 0.3) is 0 Å². The fourth-order valence-corrected chi connectivity index (χ4v) is 4.55. The second-order valence-electron chi connectivity index (χ2n) is 7.38. The van der Waals surface area contributed by atoms with E-state index < -0.39 is 5.97 Å². The van der Waals surface area contributed by atoms with Crippen molar-refractivity contribution in [3.8, 4) is 0 Å². The van der Waals surface area contributed by atoms with Crippen LogP contribution in [0.25, 0.3) is 0 Å². The highest BCUT2D eigenvalue weighted by Crippen LogP contribution is 2.36. The molecule has 2 fully saturated rings. The summed E-state index contributed by atoms with van der Waals surface area (Å²) in [5.74, 6) is 0.506. The molecule has 1 unspecified atom stereocenters. The summed E-state index contributed by atoms with van der Waals surface area (Å²) in [7, 11) is 0. The van der Waals surface area contributed by atoms with Gasteiger partial charge in [0.1, 0.15) is 0 Å². The number of likely N-dealkylation sites (tertiary alicyclic amines) is 1. The van der Waals surface area contributed by atoms with Gasteiger partial charge in [-0.2, -0.15) is 0 Å². The molecule has 1 aliphatic carbocycles. The highest BCUT2D eigenvalue weighted by Gasteiger charge is 2.33. The fourth-order valence-electron chi connectivity index (χ4n) is 4.55. The predicted molar refractivity (Wildman–Crippen MR) is 92.4 cm³/mol. The van der Waals surface area contributed by atoms with Crippen LogP contribution in [0.15, 0.2) is 30.3 Å². The van der Waals surface area contributed by atoms with Crippen molar-refractivity contribution in [2.75, 3.05) is 13.1 Å². The summed E-state index contributed by atoms with van der Waals surface area (Å²) in [5.41, 5.74) is 1.44. The number of benzene rings is 1. The van der Waals surface area contributed by atoms with Crippen LogP contribution in [0.2, 0.25) is 0 Å². The van der Waals surface area contributed by atoms with E-state index in [1.54, 1.807) is 0 Å². The number of hydrogen-bond acceptors (Lipinski definition) is 2. The summed E-state index contributed by atoms with van der Waals surface area (Å²) in [6, 6.07) is 11.5. The molecule has 2 aliphatic rings. The third kappa shape index (κ3) is 4.57. The van der Waals surface area contributed by atoms with Gasteiger partial charge in [0.2, 0.25) is 0 Å². The van der Waals surface area contributed by atoms with Crippen LogP contribution in [-0.4, -0.2) is 35.1 Å². The Morgan fingerprint density at radius 2 is 1.74 bits per heavy atom. The Kier molecular flexibility index (Phi) is 5.71. The van der Waals surface area contributed by atoms with Crippen molar-refractivity contribution in [2.45, 2.75) is 57.4 Å². The van der Waals surface area contributed by atoms with Gasteiger partial charge in [-0.15, -0.1) is 0 Å². The molecule has 23 heavy (non-hydrogen) atoms. The summed E-state index contributed by atoms with van der Waals surface area (Å²) >= 11 is 0. The van der Waals surface area contributed by atoms with E-state index in [9.17, 15) is 4.79 Å². The Balaban J connectivity index is 1.63. The zero-order valence-corrected chi connectivity index (χ0v) is 14.0. The minimum Gasteiger partial charge on any atom is -0.481 e. The second kappa shape index (κ2) is 7.96. The highest BCUT2D eigenvalue weighted by molar-refractivity contribution is 5.67. The molecule has 0 spiro atoms. The van der Waals surface area contributed by atoms with Gasteiger partial charge in [0.15, 0.2) is 0 Å². The smallest absolute Gasteiger partial charge is 0.303 e. The number of carboxylic acid groups (broad SMARTS) is 1. The summed E-state index contributed by atoms with van der Waals surface area (Å²) < 4.78 is 0. The molecule has 0 aromatic heterocycles. The van der Waals surface area contributed by atoms with E-state index in [1.807, 2.05) is 0 Å². The van der Waals surface area contributed by atoms with E-state index in [1.165, 1.54) is 44.3 Å². The number of rotatable bonds is 6. The molecule has 0 bridgehead atoms. The molecule has 0 radical (unpaired) electrons. The van der Waals surface area contributed by atoms with Gasteiger partial charge in [0.05, 0.1) is 0 Å². The molecule has 1 aromatic carbocycles. The van der Waals surface area contributed by atoms with Crippen LogP contribution in [0.3, 0.4) is 0 Å². The first kappa shape index (κ1) is 16.5. The van der Waals surface area contributed by atoms with E-state index in [4.69, 9.17) is 5.11 Å². The van der Waals surface area contributed by atoms with Gasteiger partial charge in [-0.3, -0.25) is 9.69 Å². The van der Waals surface area contributed by atoms with Crippen molar-refractivity contribution >= 4 is 5.97 Å². The lowest BCUT2D eigenvalue weighted by atomic mass is 9.75. The molecular weight excluding hydrogens is 286 g/mol. The van der Waals surface area contributed by atoms with Crippen molar-refractivity contribution in [3.63, 3.8) is 0 Å². The minimum absolute atomic E-state index is 0.361. The summed E-state index contributed by atoms with van der Waals surface area (Å²) in [5, 5.41) is 9.00. The first-order valence-electron chi connectivity index (χ1n) is 9.22. The van der Waals surface area contributed by atoms with E-state index in [0.717, 1.165) is 25.2 Å². The average molecular weight is 315 g/mol. The minimum atomic E-state index is -0.631. The molecule has 1 saturated heterocycles. The Morgan fingerprint density at radius 1 is 1.09 bits per heavy atom. The molecule has 1 aliphatic heterocycles. The number of carbonyl (C=O) groups is 1. The maximum absolute atomic E-state index is 10.9. The number of aliphatic carboxylic acids is 1. The quantitative estimate of drug-likeness (QED) is 0.863. The van der Waals surface area contributed by atoms with E-state index in [-0.39, 0.29) is 0 Å². The predicted octanol–water partition coefficient (Wildman–Crippen LogP) is 3.97. The molecule has 1 heterocycles. The fraction of sp³-hybridized carbons (Fsp3) is 0.650. The van der Waals surface area contributed by atoms with Crippen LogP contribution in [0.1, 0.15) is 50.5 Å². The number of hydrogen-bond donors (Lipinski definition) is 1. The second-order valence-corrected chi connectivity index (χ2v) is 7.38. The Morgan fingerprint density at radius 3 is 2.35 bits per heavy atom. The third-order valence-corrected chi connectivity index (χ3v) is 5.80. The van der Waals surface area contributed by atoms with Gasteiger partial charge < -0.3 is 5.11 Å². The van der Waals surface area contributed by atoms with Gasteiger partial charge in [0, 0.05) is 12.5 Å². The van der Waals surface area contributed by atoms with E-state index in [0.29, 0.717) is 18.4 Å². The topological polar surface area (TPSA) is 40.5 Å². The molecule has 0 amide bonds. The summed E-state index contributed by atoms with van der Waals surface area (Å²) in [6.07, 6.45) is 8.76. The van der Waals surface area contributed by atoms with Crippen molar-refractivity contribution in [2.24, 2.45) is 11.8 Å². The van der Waals surface area contributed by atoms with Gasteiger partial charge in [-0.05, 0) is 75.4 Å². The maximum Gasteiger partial charge on any atom is 0.303 e. The molecule has 3 nitrogen and oxygen atoms in total. The average Bonchev–Trinajstić information content (AvgIpc) is 3.08. The van der Waals surface area contributed by atoms with Crippen molar-refractivity contribution in [1.82, 2.24) is 4.90 Å². The van der Waals surface area contributed by atoms with Crippen LogP contribution in [0.4, 0.5) is 0 Å². The first-order valence-corrected chi connectivity index (χ1v) is 9.22. The summed E-state index contributed by atoms with van der Waals surface area (Å²) in [6.45, 7) is 2.49. The SMILES string of the molecule is O=C(O)CC1CCC(C(Cc2ccccc2)N2CCCC2)CC1. The molecular formula is C20H29NO2. The monoisotopic (exact) mass is 315 g/mol. The largest absolute Gasteiger partial charge is 0.481 e. The van der Waals surface area contributed by atoms with Crippen molar-refractivity contribution < 1.29 is 9.90 Å². The molecule has 126 valence electrons. The van der Waals surface area contributed by atoms with Crippen LogP contribution in [0.5, 0.6) is 0 Å². The zero-order valence-electron chi connectivity index (χ0n) is 14.0. The van der Waals surface area contributed by atoms with E-state index >= 15 is 0 Å². The molecule has 1 atom stereocenters. The zero-order chi connectivity index (χ0) is 16.1. The van der Waals surface area contributed by atoms with Gasteiger partial charge in [-0.1, -0.05) is 30.3 Å². The maximum atomic E-state index is 10.9. The number of carboxylic acids is 1. The standard InChI is InChI=1S/C20H29NO2/c22-20(23)15-17-8-10-18(11-9-17)19(21-12-4-5-13-21)14-16-6-2-1-3-7-16/h1-3,6-7,17-19H,4-5,8-15H2,(H,22,23). The van der Waals surface area contributed by atoms with Gasteiger partial charge >= 0.3 is 5.97 Å². The highest BCUT2D eigenvalue weighted by atomic mass is 16.4. The van der Waals surface area contributed by atoms with Crippen LogP contribution in [-0.2, 0) is 11.2 Å². The Hall–Kier alpha value is -1.35. The summed E-state index contributed by atoms with van der Waals surface area (Å²) in [4.78, 5) is 13.6. The van der Waals surface area contributed by atoms with Crippen molar-refractivity contribution in [3.05, 3.63) is 35.9 Å². The van der Waals surface area contributed by atoms with Crippen LogP contribution >= 0.6 is 0 Å². The molecule has 1 saturated carbocycles. The van der Waals surface area contributed by atoms with Crippen molar-refractivity contribution in [1.29, 1.82) is 0 Å². The molecule has 1 aromatic rings. The lowest BCUT2D eigenvalue weighted by molar-refractivity contribution is -0.138. The number of nitrogens with zero attached hydrogens (tertiary/aromatic N) is 1. The third-order valence-electron chi connectivity index (χ3n) is 5.80. The normalized spacial score (nSPS) is 27.0. The van der Waals surface area contributed by atoms with Crippen LogP contribution < -0.4 is 0 Å². The Labute approximate surface area is 139 Å². The van der Waals surface area contributed by atoms with E-state index in [2.05, 4.69) is 35.2 Å². The lowest BCUT2D eigenvalue weighted by Gasteiger charge is -2.38. The molecule has 1 N–H and O–H groups in total. The van der Waals surface area contributed by atoms with Gasteiger partial charge in [-0.25, -0.2) is 0 Å². The molecule has 3 rings (SSSR count).